The lowest BCUT2D eigenvalue weighted by atomic mass is 10.1. The van der Waals surface area contributed by atoms with E-state index in [0.717, 1.165) is 22.6 Å². The molecule has 0 bridgehead atoms. The van der Waals surface area contributed by atoms with Crippen molar-refractivity contribution >= 4 is 23.0 Å². The molecule has 0 aliphatic heterocycles. The molecule has 18 heavy (non-hydrogen) atoms. The summed E-state index contributed by atoms with van der Waals surface area (Å²) in [5.74, 6) is 1.39. The predicted molar refractivity (Wildman–Crippen MR) is 73.4 cm³/mol. The molecule has 0 aliphatic carbocycles. The fourth-order valence-electron chi connectivity index (χ4n) is 1.62. The summed E-state index contributed by atoms with van der Waals surface area (Å²) in [4.78, 5) is 0.312. The molecule has 0 atom stereocenters. The Bertz CT molecular complexity index is 566. The van der Waals surface area contributed by atoms with Gasteiger partial charge < -0.3 is 15.5 Å². The number of nitrogens with two attached hydrogens (primary N) is 1. The van der Waals surface area contributed by atoms with Gasteiger partial charge >= 0.3 is 0 Å². The van der Waals surface area contributed by atoms with Crippen molar-refractivity contribution < 1.29 is 4.42 Å². The van der Waals surface area contributed by atoms with Crippen molar-refractivity contribution in [3.05, 3.63) is 41.0 Å². The van der Waals surface area contributed by atoms with E-state index in [1.54, 1.807) is 6.26 Å². The van der Waals surface area contributed by atoms with Crippen molar-refractivity contribution in [2.24, 2.45) is 5.73 Å². The zero-order valence-electron chi connectivity index (χ0n) is 10.2. The summed E-state index contributed by atoms with van der Waals surface area (Å²) in [6.45, 7) is 4.32. The average Bonchev–Trinajstić information content (AvgIpc) is 2.83. The molecule has 0 radical (unpaired) electrons. The van der Waals surface area contributed by atoms with Gasteiger partial charge in [-0.3, -0.25) is 0 Å². The molecule has 0 fully saturated rings. The van der Waals surface area contributed by atoms with Crippen molar-refractivity contribution in [3.8, 4) is 0 Å². The van der Waals surface area contributed by atoms with Gasteiger partial charge in [-0.05, 0) is 31.5 Å². The number of nitrogens with zero attached hydrogens (tertiary/aromatic N) is 2. The van der Waals surface area contributed by atoms with Crippen LogP contribution in [-0.4, -0.2) is 15.2 Å². The van der Waals surface area contributed by atoms with Crippen LogP contribution in [0.15, 0.2) is 22.8 Å². The number of rotatable bonds is 4. The van der Waals surface area contributed by atoms with E-state index < -0.39 is 0 Å². The third-order valence-electron chi connectivity index (χ3n) is 2.71. The van der Waals surface area contributed by atoms with E-state index in [1.807, 2.05) is 26.0 Å². The Hall–Kier alpha value is -1.95. The molecular formula is C12H14N4OS. The van der Waals surface area contributed by atoms with Gasteiger partial charge in [0.05, 0.1) is 24.1 Å². The molecule has 2 heterocycles. The second-order valence-electron chi connectivity index (χ2n) is 3.93. The fourth-order valence-corrected chi connectivity index (χ4v) is 1.87. The fraction of sp³-hybridized carbons (Fsp3) is 0.250. The maximum atomic E-state index is 5.73. The highest BCUT2D eigenvalue weighted by Gasteiger charge is 2.13. The van der Waals surface area contributed by atoms with Crippen molar-refractivity contribution in [2.45, 2.75) is 20.4 Å². The predicted octanol–water partition coefficient (Wildman–Crippen LogP) is 1.93. The third kappa shape index (κ3) is 2.48. The lowest BCUT2D eigenvalue weighted by Crippen LogP contribution is -2.18. The summed E-state index contributed by atoms with van der Waals surface area (Å²) in [7, 11) is 0. The van der Waals surface area contributed by atoms with Crippen LogP contribution in [0.25, 0.3) is 0 Å². The van der Waals surface area contributed by atoms with Crippen LogP contribution in [0.2, 0.25) is 0 Å². The van der Waals surface area contributed by atoms with Gasteiger partial charge in [0, 0.05) is 0 Å². The number of furan rings is 1. The van der Waals surface area contributed by atoms with E-state index in [2.05, 4.69) is 15.5 Å². The SMILES string of the molecule is Cc1nnc(NCc2ccco2)c(C(N)=S)c1C. The molecule has 0 spiro atoms. The minimum Gasteiger partial charge on any atom is -0.467 e. The van der Waals surface area contributed by atoms with E-state index in [1.165, 1.54) is 0 Å². The molecule has 0 saturated heterocycles. The zero-order chi connectivity index (χ0) is 13.1. The Morgan fingerprint density at radius 1 is 1.44 bits per heavy atom. The summed E-state index contributed by atoms with van der Waals surface area (Å²) >= 11 is 5.06. The van der Waals surface area contributed by atoms with Gasteiger partial charge in [-0.25, -0.2) is 0 Å². The van der Waals surface area contributed by atoms with Crippen molar-refractivity contribution in [2.75, 3.05) is 5.32 Å². The maximum Gasteiger partial charge on any atom is 0.159 e. The third-order valence-corrected chi connectivity index (χ3v) is 2.92. The van der Waals surface area contributed by atoms with Crippen LogP contribution in [0, 0.1) is 13.8 Å². The normalized spacial score (nSPS) is 10.3. The second kappa shape index (κ2) is 5.14. The molecule has 0 unspecified atom stereocenters. The first-order valence-corrected chi connectivity index (χ1v) is 5.90. The minimum atomic E-state index is 0.312. The number of hydrogen-bond acceptors (Lipinski definition) is 5. The molecule has 0 aliphatic rings. The van der Waals surface area contributed by atoms with Gasteiger partial charge in [0.1, 0.15) is 10.7 Å². The van der Waals surface area contributed by atoms with Crippen molar-refractivity contribution in [1.82, 2.24) is 10.2 Å². The van der Waals surface area contributed by atoms with Crippen molar-refractivity contribution in [1.29, 1.82) is 0 Å². The molecule has 5 nitrogen and oxygen atoms in total. The number of anilines is 1. The van der Waals surface area contributed by atoms with E-state index in [-0.39, 0.29) is 0 Å². The number of aromatic nitrogens is 2. The molecular weight excluding hydrogens is 248 g/mol. The minimum absolute atomic E-state index is 0.312. The van der Waals surface area contributed by atoms with E-state index in [9.17, 15) is 0 Å². The Kier molecular flexibility index (Phi) is 3.57. The Labute approximate surface area is 110 Å². The van der Waals surface area contributed by atoms with Crippen LogP contribution in [0.5, 0.6) is 0 Å². The van der Waals surface area contributed by atoms with Gasteiger partial charge in [0.25, 0.3) is 0 Å². The Morgan fingerprint density at radius 2 is 2.22 bits per heavy atom. The first kappa shape index (κ1) is 12.5. The molecule has 0 aromatic carbocycles. The van der Waals surface area contributed by atoms with Crippen LogP contribution in [-0.2, 0) is 6.54 Å². The topological polar surface area (TPSA) is 77.0 Å². The molecule has 2 rings (SSSR count). The van der Waals surface area contributed by atoms with Gasteiger partial charge in [-0.1, -0.05) is 12.2 Å². The van der Waals surface area contributed by atoms with E-state index in [4.69, 9.17) is 22.4 Å². The molecule has 0 amide bonds. The number of thiocarbonyl (C=S) groups is 1. The second-order valence-corrected chi connectivity index (χ2v) is 4.37. The van der Waals surface area contributed by atoms with Crippen LogP contribution >= 0.6 is 12.2 Å². The summed E-state index contributed by atoms with van der Waals surface area (Å²) in [6.07, 6.45) is 1.62. The largest absolute Gasteiger partial charge is 0.467 e. The average molecular weight is 262 g/mol. The Morgan fingerprint density at radius 3 is 2.83 bits per heavy atom. The van der Waals surface area contributed by atoms with Crippen LogP contribution < -0.4 is 11.1 Å². The monoisotopic (exact) mass is 262 g/mol. The van der Waals surface area contributed by atoms with E-state index in [0.29, 0.717) is 17.4 Å². The molecule has 2 aromatic heterocycles. The lowest BCUT2D eigenvalue weighted by molar-refractivity contribution is 0.517. The number of aryl methyl sites for hydroxylation is 1. The zero-order valence-corrected chi connectivity index (χ0v) is 11.0. The first-order valence-electron chi connectivity index (χ1n) is 5.49. The highest BCUT2D eigenvalue weighted by Crippen LogP contribution is 2.19. The summed E-state index contributed by atoms with van der Waals surface area (Å²) in [5.41, 5.74) is 8.24. The van der Waals surface area contributed by atoms with Gasteiger partial charge in [-0.2, -0.15) is 5.10 Å². The maximum absolute atomic E-state index is 5.73. The van der Waals surface area contributed by atoms with Crippen LogP contribution in [0.3, 0.4) is 0 Å². The van der Waals surface area contributed by atoms with Gasteiger partial charge in [0.15, 0.2) is 5.82 Å². The quantitative estimate of drug-likeness (QED) is 0.820. The highest BCUT2D eigenvalue weighted by molar-refractivity contribution is 7.80. The summed E-state index contributed by atoms with van der Waals surface area (Å²) in [6, 6.07) is 3.71. The van der Waals surface area contributed by atoms with Crippen molar-refractivity contribution in [3.63, 3.8) is 0 Å². The van der Waals surface area contributed by atoms with E-state index >= 15 is 0 Å². The Balaban J connectivity index is 2.27. The van der Waals surface area contributed by atoms with Gasteiger partial charge in [0.2, 0.25) is 0 Å². The smallest absolute Gasteiger partial charge is 0.159 e. The highest BCUT2D eigenvalue weighted by atomic mass is 32.1. The van der Waals surface area contributed by atoms with Crippen LogP contribution in [0.1, 0.15) is 22.6 Å². The molecule has 2 aromatic rings. The van der Waals surface area contributed by atoms with Gasteiger partial charge in [-0.15, -0.1) is 5.10 Å². The number of hydrogen-bond donors (Lipinski definition) is 2. The lowest BCUT2D eigenvalue weighted by Gasteiger charge is -2.12. The summed E-state index contributed by atoms with van der Waals surface area (Å²) < 4.78 is 5.23. The summed E-state index contributed by atoms with van der Waals surface area (Å²) in [5, 5.41) is 11.3. The first-order chi connectivity index (χ1) is 8.59. The standard InChI is InChI=1S/C12H14N4OS/c1-7-8(2)15-16-12(10(7)11(13)18)14-6-9-4-3-5-17-9/h3-5H,6H2,1-2H3,(H2,13,18)(H,14,16). The molecule has 0 saturated carbocycles. The number of nitrogens with one attached hydrogen (secondary N) is 1. The molecule has 3 N–H and O–H groups in total. The molecule has 6 heteroatoms. The van der Waals surface area contributed by atoms with Crippen LogP contribution in [0.4, 0.5) is 5.82 Å². The molecule has 94 valence electrons.